The standard InChI is InChI=1S/C10H13NO3S/c1-7-4-5-8-9(6-7)14-15(12,13)11-10(8,2)3/h4-6,11H,1-3H3. The first kappa shape index (κ1) is 10.4. The summed E-state index contributed by atoms with van der Waals surface area (Å²) in [6, 6.07) is 5.55. The molecule has 1 aromatic rings. The van der Waals surface area contributed by atoms with E-state index in [0.29, 0.717) is 5.75 Å². The Morgan fingerprint density at radius 2 is 2.00 bits per heavy atom. The van der Waals surface area contributed by atoms with Crippen LogP contribution < -0.4 is 8.91 Å². The number of nitrogens with one attached hydrogen (secondary N) is 1. The van der Waals surface area contributed by atoms with Gasteiger partial charge in [0, 0.05) is 5.56 Å². The van der Waals surface area contributed by atoms with Gasteiger partial charge in [0.15, 0.2) is 0 Å². The summed E-state index contributed by atoms with van der Waals surface area (Å²) >= 11 is 0. The van der Waals surface area contributed by atoms with Gasteiger partial charge in [0.25, 0.3) is 0 Å². The van der Waals surface area contributed by atoms with Crippen LogP contribution in [0.15, 0.2) is 18.2 Å². The fraction of sp³-hybridized carbons (Fsp3) is 0.400. The second kappa shape index (κ2) is 2.96. The maximum Gasteiger partial charge on any atom is 0.383 e. The molecule has 5 heteroatoms. The Bertz CT molecular complexity index is 505. The fourth-order valence-electron chi connectivity index (χ4n) is 1.72. The number of hydrogen-bond acceptors (Lipinski definition) is 3. The fourth-order valence-corrected chi connectivity index (χ4v) is 2.87. The van der Waals surface area contributed by atoms with Gasteiger partial charge in [-0.1, -0.05) is 12.1 Å². The van der Waals surface area contributed by atoms with Crippen LogP contribution in [-0.4, -0.2) is 8.42 Å². The monoisotopic (exact) mass is 227 g/mol. The average molecular weight is 227 g/mol. The van der Waals surface area contributed by atoms with Gasteiger partial charge in [0.1, 0.15) is 5.75 Å². The molecule has 0 atom stereocenters. The molecule has 0 saturated carbocycles. The van der Waals surface area contributed by atoms with Crippen LogP contribution in [0.4, 0.5) is 0 Å². The highest BCUT2D eigenvalue weighted by Crippen LogP contribution is 2.35. The van der Waals surface area contributed by atoms with Crippen LogP contribution in [0.2, 0.25) is 0 Å². The largest absolute Gasteiger partial charge is 0.383 e. The van der Waals surface area contributed by atoms with Crippen LogP contribution >= 0.6 is 0 Å². The summed E-state index contributed by atoms with van der Waals surface area (Å²) in [6.45, 7) is 5.51. The molecule has 2 rings (SSSR count). The van der Waals surface area contributed by atoms with E-state index in [1.165, 1.54) is 0 Å². The molecule has 0 saturated heterocycles. The highest BCUT2D eigenvalue weighted by atomic mass is 32.2. The van der Waals surface area contributed by atoms with Crippen molar-refractivity contribution in [1.82, 2.24) is 4.72 Å². The maximum atomic E-state index is 11.4. The zero-order chi connectivity index (χ0) is 11.3. The van der Waals surface area contributed by atoms with E-state index in [0.717, 1.165) is 11.1 Å². The third-order valence-corrected chi connectivity index (χ3v) is 3.55. The Morgan fingerprint density at radius 1 is 1.33 bits per heavy atom. The highest BCUT2D eigenvalue weighted by molar-refractivity contribution is 7.85. The predicted octanol–water partition coefficient (Wildman–Crippen LogP) is 1.46. The molecule has 0 unspecified atom stereocenters. The number of fused-ring (bicyclic) bond motifs is 1. The van der Waals surface area contributed by atoms with E-state index in [1.54, 1.807) is 19.9 Å². The maximum absolute atomic E-state index is 11.4. The molecule has 1 aromatic carbocycles. The second-order valence-corrected chi connectivity index (χ2v) is 5.54. The molecular weight excluding hydrogens is 214 g/mol. The summed E-state index contributed by atoms with van der Waals surface area (Å²) < 4.78 is 30.2. The van der Waals surface area contributed by atoms with Gasteiger partial charge in [0.05, 0.1) is 5.54 Å². The van der Waals surface area contributed by atoms with Crippen molar-refractivity contribution in [1.29, 1.82) is 0 Å². The van der Waals surface area contributed by atoms with Gasteiger partial charge in [-0.15, -0.1) is 0 Å². The highest BCUT2D eigenvalue weighted by Gasteiger charge is 2.36. The molecule has 0 bridgehead atoms. The van der Waals surface area contributed by atoms with E-state index in [4.69, 9.17) is 4.18 Å². The topological polar surface area (TPSA) is 55.4 Å². The van der Waals surface area contributed by atoms with Gasteiger partial charge >= 0.3 is 10.3 Å². The van der Waals surface area contributed by atoms with Gasteiger partial charge in [-0.05, 0) is 32.4 Å². The molecule has 1 heterocycles. The normalized spacial score (nSPS) is 21.5. The minimum atomic E-state index is -3.67. The van der Waals surface area contributed by atoms with Crippen molar-refractivity contribution < 1.29 is 12.6 Å². The van der Waals surface area contributed by atoms with Crippen molar-refractivity contribution in [2.45, 2.75) is 26.3 Å². The first-order chi connectivity index (χ1) is 6.80. The third-order valence-electron chi connectivity index (χ3n) is 2.39. The quantitative estimate of drug-likeness (QED) is 0.730. The molecular formula is C10H13NO3S. The van der Waals surface area contributed by atoms with E-state index in [9.17, 15) is 8.42 Å². The summed E-state index contributed by atoms with van der Waals surface area (Å²) in [6.07, 6.45) is 0. The van der Waals surface area contributed by atoms with E-state index in [-0.39, 0.29) is 0 Å². The Labute approximate surface area is 89.5 Å². The van der Waals surface area contributed by atoms with Crippen molar-refractivity contribution in [3.05, 3.63) is 29.3 Å². The van der Waals surface area contributed by atoms with Gasteiger partial charge in [0.2, 0.25) is 0 Å². The molecule has 0 spiro atoms. The van der Waals surface area contributed by atoms with Crippen LogP contribution in [-0.2, 0) is 15.8 Å². The molecule has 15 heavy (non-hydrogen) atoms. The second-order valence-electron chi connectivity index (χ2n) is 4.26. The van der Waals surface area contributed by atoms with Crippen molar-refractivity contribution in [2.24, 2.45) is 0 Å². The number of rotatable bonds is 0. The summed E-state index contributed by atoms with van der Waals surface area (Å²) in [7, 11) is -3.67. The molecule has 0 fully saturated rings. The number of aryl methyl sites for hydroxylation is 1. The zero-order valence-electron chi connectivity index (χ0n) is 8.87. The zero-order valence-corrected chi connectivity index (χ0v) is 9.68. The van der Waals surface area contributed by atoms with Crippen molar-refractivity contribution in [3.63, 3.8) is 0 Å². The summed E-state index contributed by atoms with van der Waals surface area (Å²) in [4.78, 5) is 0. The van der Waals surface area contributed by atoms with Gasteiger partial charge in [-0.3, -0.25) is 0 Å². The van der Waals surface area contributed by atoms with Gasteiger partial charge in [-0.2, -0.15) is 13.1 Å². The van der Waals surface area contributed by atoms with Crippen LogP contribution in [0.5, 0.6) is 5.75 Å². The van der Waals surface area contributed by atoms with Gasteiger partial charge in [-0.25, -0.2) is 0 Å². The summed E-state index contributed by atoms with van der Waals surface area (Å²) in [5, 5.41) is 0. The van der Waals surface area contributed by atoms with Crippen LogP contribution in [0.25, 0.3) is 0 Å². The molecule has 0 aromatic heterocycles. The van der Waals surface area contributed by atoms with Crippen LogP contribution in [0.1, 0.15) is 25.0 Å². The Hall–Kier alpha value is -1.07. The lowest BCUT2D eigenvalue weighted by molar-refractivity contribution is 0.378. The molecule has 1 aliphatic rings. The van der Waals surface area contributed by atoms with Crippen molar-refractivity contribution >= 4 is 10.3 Å². The minimum Gasteiger partial charge on any atom is -0.371 e. The molecule has 0 radical (unpaired) electrons. The molecule has 1 N–H and O–H groups in total. The van der Waals surface area contributed by atoms with Crippen molar-refractivity contribution in [3.8, 4) is 5.75 Å². The molecule has 0 aliphatic carbocycles. The summed E-state index contributed by atoms with van der Waals surface area (Å²) in [5.41, 5.74) is 1.20. The predicted molar refractivity (Wildman–Crippen MR) is 56.9 cm³/mol. The van der Waals surface area contributed by atoms with Crippen LogP contribution in [0.3, 0.4) is 0 Å². The lowest BCUT2D eigenvalue weighted by Gasteiger charge is -2.32. The lowest BCUT2D eigenvalue weighted by atomic mass is 9.94. The Morgan fingerprint density at radius 3 is 2.67 bits per heavy atom. The first-order valence-electron chi connectivity index (χ1n) is 4.65. The first-order valence-corrected chi connectivity index (χ1v) is 6.05. The summed E-state index contributed by atoms with van der Waals surface area (Å²) in [5.74, 6) is 0.416. The molecule has 82 valence electrons. The molecule has 4 nitrogen and oxygen atoms in total. The lowest BCUT2D eigenvalue weighted by Crippen LogP contribution is -2.46. The number of hydrogen-bond donors (Lipinski definition) is 1. The van der Waals surface area contributed by atoms with Crippen LogP contribution in [0, 0.1) is 6.92 Å². The van der Waals surface area contributed by atoms with E-state index < -0.39 is 15.8 Å². The Kier molecular flexibility index (Phi) is 2.06. The average Bonchev–Trinajstić information content (AvgIpc) is 1.97. The van der Waals surface area contributed by atoms with E-state index in [1.807, 2.05) is 19.1 Å². The van der Waals surface area contributed by atoms with E-state index in [2.05, 4.69) is 4.72 Å². The third kappa shape index (κ3) is 1.85. The minimum absolute atomic E-state index is 0.416. The smallest absolute Gasteiger partial charge is 0.371 e. The molecule has 1 aliphatic heterocycles. The number of benzene rings is 1. The van der Waals surface area contributed by atoms with Gasteiger partial charge < -0.3 is 4.18 Å². The van der Waals surface area contributed by atoms with Crippen molar-refractivity contribution in [2.75, 3.05) is 0 Å². The Balaban J connectivity index is 2.65. The SMILES string of the molecule is Cc1ccc2c(c1)OS(=O)(=O)NC2(C)C. The van der Waals surface area contributed by atoms with E-state index >= 15 is 0 Å². The molecule has 0 amide bonds.